The zero-order chi connectivity index (χ0) is 27.9. The van der Waals surface area contributed by atoms with E-state index < -0.39 is 46.2 Å². The van der Waals surface area contributed by atoms with Crippen molar-refractivity contribution >= 4 is 18.0 Å². The van der Waals surface area contributed by atoms with Crippen molar-refractivity contribution in [1.29, 1.82) is 0 Å². The number of benzene rings is 1. The number of nitrogens with one attached hydrogen (secondary N) is 1. The van der Waals surface area contributed by atoms with Gasteiger partial charge in [-0.1, -0.05) is 18.2 Å². The highest BCUT2D eigenvalue weighted by Gasteiger charge is 2.52. The van der Waals surface area contributed by atoms with Gasteiger partial charge in [0.2, 0.25) is 0 Å². The maximum atomic E-state index is 13.5. The molecule has 0 spiro atoms. The Morgan fingerprint density at radius 1 is 1.14 bits per heavy atom. The van der Waals surface area contributed by atoms with E-state index in [1.165, 1.54) is 21.2 Å². The maximum Gasteiger partial charge on any atom is 0.410 e. The van der Waals surface area contributed by atoms with Gasteiger partial charge in [-0.2, -0.15) is 0 Å². The van der Waals surface area contributed by atoms with Crippen LogP contribution in [0.25, 0.3) is 5.69 Å². The highest BCUT2D eigenvalue weighted by Crippen LogP contribution is 2.32. The third kappa shape index (κ3) is 5.87. The van der Waals surface area contributed by atoms with Gasteiger partial charge in [0, 0.05) is 13.1 Å². The van der Waals surface area contributed by atoms with Crippen molar-refractivity contribution in [1.82, 2.24) is 19.6 Å². The second-order valence-electron chi connectivity index (χ2n) is 11.4. The summed E-state index contributed by atoms with van der Waals surface area (Å²) < 4.78 is 8.24. The Bertz CT molecular complexity index is 1250. The molecule has 3 N–H and O–H groups in total. The first-order valence-corrected chi connectivity index (χ1v) is 12.1. The quantitative estimate of drug-likeness (QED) is 0.534. The first-order valence-electron chi connectivity index (χ1n) is 12.1. The average Bonchev–Trinajstić information content (AvgIpc) is 3.21. The molecule has 0 radical (unpaired) electrons. The van der Waals surface area contributed by atoms with E-state index >= 15 is 0 Å². The molecule has 2 unspecified atom stereocenters. The number of hydrogen-bond acceptors (Lipinski definition) is 6. The van der Waals surface area contributed by atoms with Gasteiger partial charge in [0.05, 0.1) is 29.6 Å². The molecule has 1 aliphatic heterocycles. The molecule has 11 nitrogen and oxygen atoms in total. The predicted molar refractivity (Wildman–Crippen MR) is 136 cm³/mol. The number of ether oxygens (including phenoxy) is 1. The molecule has 202 valence electrons. The molecule has 1 aromatic heterocycles. The number of carboxylic acids is 1. The number of para-hydroxylation sites is 1. The molecule has 2 amide bonds. The van der Waals surface area contributed by atoms with Crippen LogP contribution in [-0.2, 0) is 16.1 Å². The standard InChI is InChI=1S/C26H36N4O7/c1-16-19(21(32)30(17-11-9-8-10-12-17)29(16)14-25(5,6)36)20(31)27-18-13-28(15-26(18,7)22(33)34)23(35)37-24(2,3)4/h8-12,18,36H,13-15H2,1-7H3,(H,27,31)(H,33,34). The van der Waals surface area contributed by atoms with Gasteiger partial charge in [-0.25, -0.2) is 9.48 Å². The monoisotopic (exact) mass is 516 g/mol. The third-order valence-electron chi connectivity index (χ3n) is 6.30. The number of amides is 2. The fourth-order valence-corrected chi connectivity index (χ4v) is 4.40. The van der Waals surface area contributed by atoms with Gasteiger partial charge < -0.3 is 25.2 Å². The van der Waals surface area contributed by atoms with Crippen LogP contribution in [0.5, 0.6) is 0 Å². The number of hydrogen-bond donors (Lipinski definition) is 3. The van der Waals surface area contributed by atoms with E-state index in [-0.39, 0.29) is 25.2 Å². The molecule has 37 heavy (non-hydrogen) atoms. The summed E-state index contributed by atoms with van der Waals surface area (Å²) in [5.74, 6) is -1.95. The summed E-state index contributed by atoms with van der Waals surface area (Å²) in [5, 5.41) is 23.1. The Morgan fingerprint density at radius 2 is 1.73 bits per heavy atom. The number of aliphatic hydroxyl groups is 1. The van der Waals surface area contributed by atoms with Crippen LogP contribution in [0.15, 0.2) is 35.1 Å². The number of likely N-dealkylation sites (tertiary alicyclic amines) is 1. The summed E-state index contributed by atoms with van der Waals surface area (Å²) in [4.78, 5) is 53.1. The molecule has 3 rings (SSSR count). The van der Waals surface area contributed by atoms with Crippen LogP contribution in [-0.4, -0.2) is 72.8 Å². The van der Waals surface area contributed by atoms with Crippen molar-refractivity contribution < 1.29 is 29.3 Å². The van der Waals surface area contributed by atoms with Gasteiger partial charge in [0.15, 0.2) is 0 Å². The number of aromatic nitrogens is 2. The number of nitrogens with zero attached hydrogens (tertiary/aromatic N) is 3. The number of rotatable bonds is 6. The Labute approximate surface area is 215 Å². The van der Waals surface area contributed by atoms with Crippen LogP contribution < -0.4 is 10.9 Å². The normalized spacial score (nSPS) is 20.1. The molecule has 1 fully saturated rings. The molecular weight excluding hydrogens is 480 g/mol. The van der Waals surface area contributed by atoms with Gasteiger partial charge in [-0.3, -0.25) is 19.1 Å². The average molecular weight is 517 g/mol. The Hall–Kier alpha value is -3.60. The lowest BCUT2D eigenvalue weighted by Crippen LogP contribution is -2.50. The van der Waals surface area contributed by atoms with E-state index in [9.17, 15) is 29.4 Å². The molecule has 2 atom stereocenters. The lowest BCUT2D eigenvalue weighted by Gasteiger charge is -2.26. The minimum Gasteiger partial charge on any atom is -0.481 e. The van der Waals surface area contributed by atoms with Crippen molar-refractivity contribution in [3.05, 3.63) is 51.9 Å². The largest absolute Gasteiger partial charge is 0.481 e. The predicted octanol–water partition coefficient (Wildman–Crippen LogP) is 2.16. The fourth-order valence-electron chi connectivity index (χ4n) is 4.40. The Morgan fingerprint density at radius 3 is 2.24 bits per heavy atom. The van der Waals surface area contributed by atoms with E-state index in [2.05, 4.69) is 5.32 Å². The molecule has 1 aromatic carbocycles. The van der Waals surface area contributed by atoms with Crippen LogP contribution in [0, 0.1) is 12.3 Å². The van der Waals surface area contributed by atoms with Crippen LogP contribution in [0.4, 0.5) is 4.79 Å². The molecule has 1 aliphatic rings. The first kappa shape index (κ1) is 28.0. The van der Waals surface area contributed by atoms with E-state index in [1.807, 2.05) is 0 Å². The summed E-state index contributed by atoms with van der Waals surface area (Å²) in [5.41, 5.74) is -3.43. The molecule has 0 bridgehead atoms. The highest BCUT2D eigenvalue weighted by molar-refractivity contribution is 5.96. The zero-order valence-electron chi connectivity index (χ0n) is 22.4. The molecule has 1 saturated heterocycles. The summed E-state index contributed by atoms with van der Waals surface area (Å²) >= 11 is 0. The second kappa shape index (κ2) is 9.70. The summed E-state index contributed by atoms with van der Waals surface area (Å²) in [6, 6.07) is 7.73. The van der Waals surface area contributed by atoms with E-state index in [0.717, 1.165) is 0 Å². The van der Waals surface area contributed by atoms with Gasteiger partial charge in [-0.15, -0.1) is 0 Å². The number of carboxylic acid groups (broad SMARTS) is 1. The van der Waals surface area contributed by atoms with Gasteiger partial charge in [0.25, 0.3) is 11.5 Å². The van der Waals surface area contributed by atoms with Gasteiger partial charge in [-0.05, 0) is 60.6 Å². The van der Waals surface area contributed by atoms with Crippen molar-refractivity contribution in [3.63, 3.8) is 0 Å². The van der Waals surface area contributed by atoms with Crippen LogP contribution in [0.3, 0.4) is 0 Å². The first-order chi connectivity index (χ1) is 16.9. The number of carbonyl (C=O) groups excluding carboxylic acids is 2. The summed E-state index contributed by atoms with van der Waals surface area (Å²) in [7, 11) is 0. The Balaban J connectivity index is 2.00. The van der Waals surface area contributed by atoms with Crippen molar-refractivity contribution in [2.45, 2.75) is 72.3 Å². The van der Waals surface area contributed by atoms with Gasteiger partial charge in [0.1, 0.15) is 16.6 Å². The molecule has 11 heteroatoms. The van der Waals surface area contributed by atoms with Crippen molar-refractivity contribution in [2.75, 3.05) is 13.1 Å². The van der Waals surface area contributed by atoms with Crippen LogP contribution in [0.2, 0.25) is 0 Å². The van der Waals surface area contributed by atoms with E-state index in [1.54, 1.807) is 71.9 Å². The van der Waals surface area contributed by atoms with Crippen molar-refractivity contribution in [2.24, 2.45) is 5.41 Å². The maximum absolute atomic E-state index is 13.5. The summed E-state index contributed by atoms with van der Waals surface area (Å²) in [6.45, 7) is 11.1. The third-order valence-corrected chi connectivity index (χ3v) is 6.30. The number of aliphatic carboxylic acids is 1. The molecule has 0 aliphatic carbocycles. The molecule has 0 saturated carbocycles. The fraction of sp³-hybridized carbons (Fsp3) is 0.538. The van der Waals surface area contributed by atoms with E-state index in [4.69, 9.17) is 4.74 Å². The molecule has 2 heterocycles. The lowest BCUT2D eigenvalue weighted by atomic mass is 9.85. The zero-order valence-corrected chi connectivity index (χ0v) is 22.4. The molecule has 2 aromatic rings. The lowest BCUT2D eigenvalue weighted by molar-refractivity contribution is -0.147. The van der Waals surface area contributed by atoms with Gasteiger partial charge >= 0.3 is 12.1 Å². The minimum atomic E-state index is -1.51. The highest BCUT2D eigenvalue weighted by atomic mass is 16.6. The number of carbonyl (C=O) groups is 3. The molecular formula is C26H36N4O7. The van der Waals surface area contributed by atoms with E-state index in [0.29, 0.717) is 11.4 Å². The summed E-state index contributed by atoms with van der Waals surface area (Å²) in [6.07, 6.45) is -0.685. The van der Waals surface area contributed by atoms with Crippen molar-refractivity contribution in [3.8, 4) is 5.69 Å². The smallest absolute Gasteiger partial charge is 0.410 e. The SMILES string of the molecule is Cc1c(C(=O)NC2CN(C(=O)OC(C)(C)C)CC2(C)C(=O)O)c(=O)n(-c2ccccc2)n1CC(C)(C)O. The van der Waals surface area contributed by atoms with Crippen LogP contribution in [0.1, 0.15) is 57.6 Å². The minimum absolute atomic E-state index is 0.0267. The second-order valence-corrected chi connectivity index (χ2v) is 11.4. The topological polar surface area (TPSA) is 143 Å². The van der Waals surface area contributed by atoms with Crippen LogP contribution >= 0.6 is 0 Å². The Kier molecular flexibility index (Phi) is 7.33.